The first kappa shape index (κ1) is 14.1. The summed E-state index contributed by atoms with van der Waals surface area (Å²) in [6, 6.07) is 1.61. The molecule has 1 aliphatic heterocycles. The van der Waals surface area contributed by atoms with Gasteiger partial charge in [-0.25, -0.2) is 4.98 Å². The summed E-state index contributed by atoms with van der Waals surface area (Å²) in [6.07, 6.45) is 2.29. The molecule has 1 unspecified atom stereocenters. The van der Waals surface area contributed by atoms with Gasteiger partial charge in [0.15, 0.2) is 0 Å². The molecule has 1 aliphatic rings. The highest BCUT2D eigenvalue weighted by atomic mass is 35.5. The third-order valence-electron chi connectivity index (χ3n) is 3.05. The van der Waals surface area contributed by atoms with Crippen LogP contribution in [0.3, 0.4) is 0 Å². The molecule has 2 rings (SSSR count). The first-order valence-corrected chi connectivity index (χ1v) is 6.57. The van der Waals surface area contributed by atoms with Gasteiger partial charge in [-0.15, -0.1) is 0 Å². The maximum Gasteiger partial charge on any atom is 0.259 e. The van der Waals surface area contributed by atoms with E-state index in [1.165, 1.54) is 6.20 Å². The Hall–Kier alpha value is -1.33. The van der Waals surface area contributed by atoms with Crippen LogP contribution in [0.2, 0.25) is 5.02 Å². The summed E-state index contributed by atoms with van der Waals surface area (Å²) >= 11 is 5.89. The van der Waals surface area contributed by atoms with Crippen LogP contribution >= 0.6 is 11.6 Å². The van der Waals surface area contributed by atoms with Gasteiger partial charge in [-0.2, -0.15) is 0 Å². The minimum atomic E-state index is -0.0997. The van der Waals surface area contributed by atoms with E-state index < -0.39 is 0 Å². The molecule has 0 bridgehead atoms. The smallest absolute Gasteiger partial charge is 0.259 e. The quantitative estimate of drug-likeness (QED) is 0.844. The van der Waals surface area contributed by atoms with Crippen molar-refractivity contribution < 1.29 is 9.53 Å². The van der Waals surface area contributed by atoms with Crippen LogP contribution < -0.4 is 4.74 Å². The summed E-state index contributed by atoms with van der Waals surface area (Å²) in [4.78, 5) is 20.1. The number of halogens is 1. The number of hydrogen-bond donors (Lipinski definition) is 0. The number of nitrogens with zero attached hydrogens (tertiary/aromatic N) is 3. The number of rotatable bonds is 3. The number of aromatic nitrogens is 1. The predicted octanol–water partition coefficient (Wildman–Crippen LogP) is 1.52. The van der Waals surface area contributed by atoms with Crippen LogP contribution in [0.1, 0.15) is 16.8 Å². The van der Waals surface area contributed by atoms with Crippen LogP contribution in [0.15, 0.2) is 12.3 Å². The van der Waals surface area contributed by atoms with Crippen molar-refractivity contribution in [2.24, 2.45) is 0 Å². The van der Waals surface area contributed by atoms with Crippen LogP contribution in [-0.2, 0) is 0 Å². The third kappa shape index (κ3) is 3.36. The van der Waals surface area contributed by atoms with Gasteiger partial charge in [-0.3, -0.25) is 4.79 Å². The Bertz CT molecular complexity index is 479. The summed E-state index contributed by atoms with van der Waals surface area (Å²) in [5.74, 6) is 0.278. The van der Waals surface area contributed by atoms with Crippen molar-refractivity contribution in [3.8, 4) is 5.88 Å². The average molecular weight is 284 g/mol. The average Bonchev–Trinajstić information content (AvgIpc) is 2.47. The molecule has 2 heterocycles. The van der Waals surface area contributed by atoms with Gasteiger partial charge in [-0.05, 0) is 26.6 Å². The normalized spacial score (nSPS) is 19.1. The Balaban J connectivity index is 2.22. The van der Waals surface area contributed by atoms with Gasteiger partial charge in [0.25, 0.3) is 5.91 Å². The van der Waals surface area contributed by atoms with E-state index in [2.05, 4.69) is 9.88 Å². The molecule has 19 heavy (non-hydrogen) atoms. The number of ether oxygens (including phenoxy) is 1. The van der Waals surface area contributed by atoms with E-state index in [1.807, 2.05) is 14.1 Å². The van der Waals surface area contributed by atoms with E-state index in [9.17, 15) is 4.79 Å². The first-order valence-electron chi connectivity index (χ1n) is 6.19. The van der Waals surface area contributed by atoms with Gasteiger partial charge >= 0.3 is 0 Å². The van der Waals surface area contributed by atoms with Crippen LogP contribution in [0, 0.1) is 0 Å². The minimum Gasteiger partial charge on any atom is -0.472 e. The second kappa shape index (κ2) is 5.75. The number of carbonyl (C=O) groups is 1. The molecule has 0 saturated carbocycles. The van der Waals surface area contributed by atoms with Crippen molar-refractivity contribution in [1.82, 2.24) is 14.8 Å². The number of pyridine rings is 1. The van der Waals surface area contributed by atoms with Gasteiger partial charge in [0.05, 0.1) is 11.6 Å². The molecule has 0 aromatic carbocycles. The van der Waals surface area contributed by atoms with Crippen molar-refractivity contribution in [3.05, 3.63) is 22.8 Å². The molecule has 0 N–H and O–H groups in total. The number of amides is 1. The molecule has 104 valence electrons. The monoisotopic (exact) mass is 283 g/mol. The lowest BCUT2D eigenvalue weighted by Gasteiger charge is -2.21. The maximum absolute atomic E-state index is 12.2. The highest BCUT2D eigenvalue weighted by Crippen LogP contribution is 2.25. The van der Waals surface area contributed by atoms with Crippen molar-refractivity contribution in [3.63, 3.8) is 0 Å². The second-order valence-corrected chi connectivity index (χ2v) is 5.46. The summed E-state index contributed by atoms with van der Waals surface area (Å²) in [5, 5.41) is 0.441. The zero-order valence-corrected chi connectivity index (χ0v) is 12.1. The Labute approximate surface area is 118 Å². The van der Waals surface area contributed by atoms with Crippen molar-refractivity contribution in [2.45, 2.75) is 12.5 Å². The molecule has 1 amide bonds. The molecule has 0 saturated heterocycles. The maximum atomic E-state index is 12.2. The predicted molar refractivity (Wildman–Crippen MR) is 73.8 cm³/mol. The van der Waals surface area contributed by atoms with E-state index in [4.69, 9.17) is 16.3 Å². The SMILES string of the molecule is CN(C)CCC1CN(C)C(=O)c2cc(Cl)cnc2O1. The van der Waals surface area contributed by atoms with E-state index >= 15 is 0 Å². The Morgan fingerprint density at radius 3 is 3.00 bits per heavy atom. The lowest BCUT2D eigenvalue weighted by atomic mass is 10.2. The molecule has 0 spiro atoms. The molecule has 0 aliphatic carbocycles. The van der Waals surface area contributed by atoms with Gasteiger partial charge in [0.1, 0.15) is 11.7 Å². The molecule has 1 aromatic rings. The molecule has 1 atom stereocenters. The molecular formula is C13H18ClN3O2. The molecule has 0 fully saturated rings. The first-order chi connectivity index (χ1) is 8.97. The number of likely N-dealkylation sites (N-methyl/N-ethyl adjacent to an activating group) is 1. The second-order valence-electron chi connectivity index (χ2n) is 5.02. The Kier molecular flexibility index (Phi) is 4.27. The highest BCUT2D eigenvalue weighted by molar-refractivity contribution is 6.30. The van der Waals surface area contributed by atoms with Crippen LogP contribution in [0.5, 0.6) is 5.88 Å². The van der Waals surface area contributed by atoms with E-state index in [1.54, 1.807) is 18.0 Å². The Morgan fingerprint density at radius 2 is 2.32 bits per heavy atom. The van der Waals surface area contributed by atoms with Gasteiger partial charge in [0, 0.05) is 19.8 Å². The lowest BCUT2D eigenvalue weighted by Crippen LogP contribution is -2.35. The summed E-state index contributed by atoms with van der Waals surface area (Å²) in [6.45, 7) is 1.45. The van der Waals surface area contributed by atoms with E-state index in [-0.39, 0.29) is 12.0 Å². The summed E-state index contributed by atoms with van der Waals surface area (Å²) in [7, 11) is 5.79. The molecule has 1 aromatic heterocycles. The lowest BCUT2D eigenvalue weighted by molar-refractivity contribution is 0.0749. The fourth-order valence-electron chi connectivity index (χ4n) is 2.02. The topological polar surface area (TPSA) is 45.7 Å². The fraction of sp³-hybridized carbons (Fsp3) is 0.538. The van der Waals surface area contributed by atoms with Gasteiger partial charge < -0.3 is 14.5 Å². The molecule has 6 heteroatoms. The van der Waals surface area contributed by atoms with Crippen molar-refractivity contribution in [2.75, 3.05) is 34.2 Å². The zero-order valence-electron chi connectivity index (χ0n) is 11.4. The van der Waals surface area contributed by atoms with Crippen LogP contribution in [0.25, 0.3) is 0 Å². The number of hydrogen-bond acceptors (Lipinski definition) is 4. The fourth-order valence-corrected chi connectivity index (χ4v) is 2.17. The van der Waals surface area contributed by atoms with Crippen LogP contribution in [-0.4, -0.2) is 61.0 Å². The van der Waals surface area contributed by atoms with E-state index in [0.717, 1.165) is 13.0 Å². The summed E-state index contributed by atoms with van der Waals surface area (Å²) < 4.78 is 5.84. The Morgan fingerprint density at radius 1 is 1.58 bits per heavy atom. The van der Waals surface area contributed by atoms with Crippen molar-refractivity contribution >= 4 is 17.5 Å². The standard InChI is InChI=1S/C13H18ClN3O2/c1-16(2)5-4-10-8-17(3)13(18)11-6-9(14)7-15-12(11)19-10/h6-7,10H,4-5,8H2,1-3H3. The molecular weight excluding hydrogens is 266 g/mol. The van der Waals surface area contributed by atoms with Crippen molar-refractivity contribution in [1.29, 1.82) is 0 Å². The molecule has 0 radical (unpaired) electrons. The highest BCUT2D eigenvalue weighted by Gasteiger charge is 2.27. The van der Waals surface area contributed by atoms with Gasteiger partial charge in [0.2, 0.25) is 5.88 Å². The number of carbonyl (C=O) groups excluding carboxylic acids is 1. The van der Waals surface area contributed by atoms with Gasteiger partial charge in [-0.1, -0.05) is 11.6 Å². The largest absolute Gasteiger partial charge is 0.472 e. The third-order valence-corrected chi connectivity index (χ3v) is 3.26. The van der Waals surface area contributed by atoms with E-state index in [0.29, 0.717) is 23.0 Å². The van der Waals surface area contributed by atoms with Crippen LogP contribution in [0.4, 0.5) is 0 Å². The number of fused-ring (bicyclic) bond motifs is 1. The molecule has 5 nitrogen and oxygen atoms in total. The minimum absolute atomic E-state index is 0.0497. The summed E-state index contributed by atoms with van der Waals surface area (Å²) in [5.41, 5.74) is 0.433. The zero-order chi connectivity index (χ0) is 14.0.